The van der Waals surface area contributed by atoms with Gasteiger partial charge in [-0.2, -0.15) is 0 Å². The molecule has 4 heteroatoms. The van der Waals surface area contributed by atoms with E-state index in [-0.39, 0.29) is 0 Å². The van der Waals surface area contributed by atoms with E-state index in [4.69, 9.17) is 16.7 Å². The molecule has 1 fully saturated rings. The Morgan fingerprint density at radius 3 is 2.23 bits per heavy atom. The van der Waals surface area contributed by atoms with Crippen molar-refractivity contribution in [3.05, 3.63) is 0 Å². The summed E-state index contributed by atoms with van der Waals surface area (Å²) in [5.74, 6) is -0.877. The molecule has 0 saturated carbocycles. The van der Waals surface area contributed by atoms with Gasteiger partial charge in [0.2, 0.25) is 0 Å². The molecule has 0 bridgehead atoms. The van der Waals surface area contributed by atoms with Crippen molar-refractivity contribution in [2.45, 2.75) is 37.6 Å². The van der Waals surface area contributed by atoms with E-state index in [1.54, 1.807) is 0 Å². The molecule has 1 saturated heterocycles. The third-order valence-electron chi connectivity index (χ3n) is 2.70. The van der Waals surface area contributed by atoms with E-state index in [1.807, 2.05) is 0 Å². The number of carboxylic acid groups (broad SMARTS) is 1. The van der Waals surface area contributed by atoms with Gasteiger partial charge in [-0.15, -0.1) is 11.6 Å². The van der Waals surface area contributed by atoms with Crippen LogP contribution in [0.1, 0.15) is 26.7 Å². The molecule has 0 amide bonds. The number of halogens is 1. The standard InChI is InChI=1S/C9H16ClNO2/c1-7(2)11-5-3-9(10,4-6-11)8(12)13/h7H,3-6H2,1-2H3,(H,12,13). The Morgan fingerprint density at radius 2 is 1.92 bits per heavy atom. The highest BCUT2D eigenvalue weighted by Crippen LogP contribution is 2.30. The zero-order chi connectivity index (χ0) is 10.1. The molecular weight excluding hydrogens is 190 g/mol. The fraction of sp³-hybridized carbons (Fsp3) is 0.889. The molecule has 0 atom stereocenters. The summed E-state index contributed by atoms with van der Waals surface area (Å²) in [6.45, 7) is 5.80. The van der Waals surface area contributed by atoms with Crippen LogP contribution in [0.25, 0.3) is 0 Å². The van der Waals surface area contributed by atoms with E-state index in [1.165, 1.54) is 0 Å². The Hall–Kier alpha value is -0.280. The van der Waals surface area contributed by atoms with E-state index in [2.05, 4.69) is 18.7 Å². The highest BCUT2D eigenvalue weighted by molar-refractivity contribution is 6.33. The number of hydrogen-bond acceptors (Lipinski definition) is 2. The lowest BCUT2D eigenvalue weighted by atomic mass is 9.95. The molecule has 1 aliphatic rings. The largest absolute Gasteiger partial charge is 0.480 e. The average molecular weight is 206 g/mol. The van der Waals surface area contributed by atoms with E-state index in [9.17, 15) is 4.79 Å². The number of alkyl halides is 1. The molecule has 0 radical (unpaired) electrons. The number of aliphatic carboxylic acids is 1. The second-order valence-corrected chi connectivity index (χ2v) is 4.62. The van der Waals surface area contributed by atoms with Crippen molar-refractivity contribution in [3.8, 4) is 0 Å². The quantitative estimate of drug-likeness (QED) is 0.696. The van der Waals surface area contributed by atoms with Crippen molar-refractivity contribution in [2.75, 3.05) is 13.1 Å². The van der Waals surface area contributed by atoms with Crippen molar-refractivity contribution in [1.29, 1.82) is 0 Å². The van der Waals surface area contributed by atoms with Gasteiger partial charge in [-0.1, -0.05) is 0 Å². The molecule has 0 aliphatic carbocycles. The molecule has 0 aromatic heterocycles. The summed E-state index contributed by atoms with van der Waals surface area (Å²) >= 11 is 5.95. The SMILES string of the molecule is CC(C)N1CCC(Cl)(C(=O)O)CC1. The molecule has 0 spiro atoms. The van der Waals surface area contributed by atoms with E-state index in [0.29, 0.717) is 18.9 Å². The Morgan fingerprint density at radius 1 is 1.46 bits per heavy atom. The first-order valence-corrected chi connectivity index (χ1v) is 5.00. The van der Waals surface area contributed by atoms with Crippen LogP contribution in [0.2, 0.25) is 0 Å². The summed E-state index contributed by atoms with van der Waals surface area (Å²) in [4.78, 5) is 12.0. The fourth-order valence-corrected chi connectivity index (χ4v) is 1.78. The average Bonchev–Trinajstić information content (AvgIpc) is 2.04. The van der Waals surface area contributed by atoms with Gasteiger partial charge < -0.3 is 10.0 Å². The molecule has 1 heterocycles. The second-order valence-electron chi connectivity index (χ2n) is 3.90. The molecule has 0 unspecified atom stereocenters. The van der Waals surface area contributed by atoms with Crippen molar-refractivity contribution in [3.63, 3.8) is 0 Å². The maximum absolute atomic E-state index is 10.8. The van der Waals surface area contributed by atoms with Crippen molar-refractivity contribution < 1.29 is 9.90 Å². The molecule has 1 N–H and O–H groups in total. The molecule has 3 nitrogen and oxygen atoms in total. The number of hydrogen-bond donors (Lipinski definition) is 1. The summed E-state index contributed by atoms with van der Waals surface area (Å²) in [6, 6.07) is 0.481. The first-order valence-electron chi connectivity index (χ1n) is 4.62. The summed E-state index contributed by atoms with van der Waals surface area (Å²) in [7, 11) is 0. The minimum absolute atomic E-state index is 0.481. The van der Waals surface area contributed by atoms with Crippen LogP contribution < -0.4 is 0 Å². The molecule has 13 heavy (non-hydrogen) atoms. The minimum atomic E-state index is -1.01. The minimum Gasteiger partial charge on any atom is -0.480 e. The van der Waals surface area contributed by atoms with E-state index >= 15 is 0 Å². The Balaban J connectivity index is 2.51. The predicted molar refractivity (Wildman–Crippen MR) is 52.2 cm³/mol. The third kappa shape index (κ3) is 2.35. The van der Waals surface area contributed by atoms with Crippen molar-refractivity contribution in [1.82, 2.24) is 4.90 Å². The van der Waals surface area contributed by atoms with Gasteiger partial charge in [0.25, 0.3) is 0 Å². The number of carboxylic acids is 1. The van der Waals surface area contributed by atoms with Crippen LogP contribution in [-0.4, -0.2) is 40.0 Å². The molecule has 76 valence electrons. The highest BCUT2D eigenvalue weighted by Gasteiger charge is 2.39. The number of piperidine rings is 1. The number of rotatable bonds is 2. The number of nitrogens with zero attached hydrogens (tertiary/aromatic N) is 1. The van der Waals surface area contributed by atoms with Crippen molar-refractivity contribution in [2.24, 2.45) is 0 Å². The van der Waals surface area contributed by atoms with E-state index < -0.39 is 10.8 Å². The van der Waals surface area contributed by atoms with Gasteiger partial charge in [-0.25, -0.2) is 0 Å². The van der Waals surface area contributed by atoms with Gasteiger partial charge >= 0.3 is 5.97 Å². The van der Waals surface area contributed by atoms with Crippen LogP contribution >= 0.6 is 11.6 Å². The summed E-state index contributed by atoms with van der Waals surface area (Å²) in [5, 5.41) is 8.87. The summed E-state index contributed by atoms with van der Waals surface area (Å²) in [5.41, 5.74) is 0. The monoisotopic (exact) mass is 205 g/mol. The van der Waals surface area contributed by atoms with Crippen LogP contribution in [0, 0.1) is 0 Å². The van der Waals surface area contributed by atoms with Crippen molar-refractivity contribution >= 4 is 17.6 Å². The summed E-state index contributed by atoms with van der Waals surface area (Å²) in [6.07, 6.45) is 1.09. The van der Waals surface area contributed by atoms with E-state index in [0.717, 1.165) is 13.1 Å². The van der Waals surface area contributed by atoms with Crippen LogP contribution in [0.4, 0.5) is 0 Å². The van der Waals surface area contributed by atoms with Gasteiger partial charge in [-0.3, -0.25) is 4.79 Å². The lowest BCUT2D eigenvalue weighted by molar-refractivity contribution is -0.141. The number of carbonyl (C=O) groups is 1. The zero-order valence-corrected chi connectivity index (χ0v) is 8.84. The van der Waals surface area contributed by atoms with Gasteiger partial charge in [0, 0.05) is 19.1 Å². The maximum Gasteiger partial charge on any atom is 0.324 e. The molecule has 0 aromatic rings. The Bertz CT molecular complexity index is 198. The second kappa shape index (κ2) is 3.84. The molecular formula is C9H16ClNO2. The molecule has 0 aromatic carbocycles. The smallest absolute Gasteiger partial charge is 0.324 e. The molecule has 1 rings (SSSR count). The van der Waals surface area contributed by atoms with Gasteiger partial charge in [0.1, 0.15) is 4.87 Å². The van der Waals surface area contributed by atoms with Crippen LogP contribution in [0.15, 0.2) is 0 Å². The first kappa shape index (κ1) is 10.8. The lowest BCUT2D eigenvalue weighted by Crippen LogP contribution is -2.47. The highest BCUT2D eigenvalue weighted by atomic mass is 35.5. The maximum atomic E-state index is 10.8. The fourth-order valence-electron chi connectivity index (χ4n) is 1.61. The predicted octanol–water partition coefficient (Wildman–Crippen LogP) is 1.55. The van der Waals surface area contributed by atoms with Gasteiger partial charge in [0.15, 0.2) is 0 Å². The lowest BCUT2D eigenvalue weighted by Gasteiger charge is -2.36. The normalized spacial score (nSPS) is 23.4. The Kier molecular flexibility index (Phi) is 3.19. The zero-order valence-electron chi connectivity index (χ0n) is 8.09. The molecule has 1 aliphatic heterocycles. The number of likely N-dealkylation sites (tertiary alicyclic amines) is 1. The van der Waals surface area contributed by atoms with Gasteiger partial charge in [-0.05, 0) is 26.7 Å². The third-order valence-corrected chi connectivity index (χ3v) is 3.24. The topological polar surface area (TPSA) is 40.5 Å². The Labute approximate surface area is 83.7 Å². The van der Waals surface area contributed by atoms with Crippen LogP contribution in [0.5, 0.6) is 0 Å². The van der Waals surface area contributed by atoms with Crippen LogP contribution in [-0.2, 0) is 4.79 Å². The first-order chi connectivity index (χ1) is 5.96. The van der Waals surface area contributed by atoms with Crippen LogP contribution in [0.3, 0.4) is 0 Å². The summed E-state index contributed by atoms with van der Waals surface area (Å²) < 4.78 is 0. The van der Waals surface area contributed by atoms with Gasteiger partial charge in [0.05, 0.1) is 0 Å².